The number of hydrogen-bond donors (Lipinski definition) is 0. The van der Waals surface area contributed by atoms with Crippen molar-refractivity contribution in [2.45, 2.75) is 0 Å². The lowest BCUT2D eigenvalue weighted by atomic mass is 10.3. The van der Waals surface area contributed by atoms with Crippen molar-refractivity contribution in [3.05, 3.63) is 23.2 Å². The second-order valence-electron chi connectivity index (χ2n) is 2.14. The van der Waals surface area contributed by atoms with Crippen LogP contribution in [-0.4, -0.2) is 14.2 Å². The van der Waals surface area contributed by atoms with Gasteiger partial charge in [0.1, 0.15) is 5.75 Å². The van der Waals surface area contributed by atoms with Crippen LogP contribution < -0.4 is 21.9 Å². The summed E-state index contributed by atoms with van der Waals surface area (Å²) in [7, 11) is 3.06. The minimum atomic E-state index is 0. The summed E-state index contributed by atoms with van der Waals surface area (Å²) in [5.74, 6) is 1.14. The smallest absolute Gasteiger partial charge is 0.429 e. The fraction of sp³-hybridized carbons (Fsp3) is 0.250. The van der Waals surface area contributed by atoms with Crippen LogP contribution in [-0.2, 0) is 0 Å². The van der Waals surface area contributed by atoms with E-state index in [2.05, 4.69) is 4.98 Å². The first-order chi connectivity index (χ1) is 5.81. The Morgan fingerprint density at radius 2 is 1.92 bits per heavy atom. The van der Waals surface area contributed by atoms with Crippen LogP contribution in [0.3, 0.4) is 0 Å². The van der Waals surface area contributed by atoms with Gasteiger partial charge in [0, 0.05) is 0 Å². The number of methoxy groups -OCH3 is 2. The van der Waals surface area contributed by atoms with E-state index in [0.29, 0.717) is 17.2 Å². The third kappa shape index (κ3) is 2.49. The van der Waals surface area contributed by atoms with Gasteiger partial charge in [-0.25, -0.2) is 0 Å². The van der Waals surface area contributed by atoms with Crippen molar-refractivity contribution in [3.63, 3.8) is 0 Å². The summed E-state index contributed by atoms with van der Waals surface area (Å²) >= 11 is 0. The fourth-order valence-electron chi connectivity index (χ4n) is 0.875. The maximum absolute atomic E-state index is 8.56. The molecule has 0 fully saturated rings. The van der Waals surface area contributed by atoms with Gasteiger partial charge in [-0.1, -0.05) is 0 Å². The zero-order valence-electron chi connectivity index (χ0n) is 7.32. The standard InChI is InChI=1S/C8H9N2O2.ClH/c1-11-6-3-4-8(12-2)7(5-6)10-9;/h3-5H,1-2H3;1H/q+1;/p-1. The summed E-state index contributed by atoms with van der Waals surface area (Å²) in [6.45, 7) is 0. The molecule has 0 aromatic heterocycles. The molecule has 1 rings (SSSR count). The SMILES string of the molecule is COc1ccc(OC)c([N+]#N)c1.[Cl-]. The monoisotopic (exact) mass is 200 g/mol. The van der Waals surface area contributed by atoms with E-state index in [1.807, 2.05) is 0 Å². The van der Waals surface area contributed by atoms with E-state index < -0.39 is 0 Å². The quantitative estimate of drug-likeness (QED) is 0.587. The Morgan fingerprint density at radius 3 is 2.38 bits per heavy atom. The van der Waals surface area contributed by atoms with Gasteiger partial charge in [-0.05, 0) is 12.1 Å². The van der Waals surface area contributed by atoms with Crippen molar-refractivity contribution in [3.8, 4) is 11.5 Å². The number of ether oxygens (including phenoxy) is 2. The molecule has 0 bridgehead atoms. The zero-order chi connectivity index (χ0) is 8.97. The molecular formula is C8H9ClN2O2. The summed E-state index contributed by atoms with van der Waals surface area (Å²) in [5, 5.41) is 8.56. The normalized spacial score (nSPS) is 8.08. The number of nitrogens with zero attached hydrogens (tertiary/aromatic N) is 2. The molecule has 70 valence electrons. The molecule has 13 heavy (non-hydrogen) atoms. The van der Waals surface area contributed by atoms with Crippen molar-refractivity contribution < 1.29 is 21.9 Å². The van der Waals surface area contributed by atoms with Gasteiger partial charge in [0.25, 0.3) is 0 Å². The first kappa shape index (κ1) is 11.5. The van der Waals surface area contributed by atoms with Gasteiger partial charge in [-0.3, -0.25) is 0 Å². The van der Waals surface area contributed by atoms with Crippen LogP contribution in [0, 0.1) is 5.39 Å². The van der Waals surface area contributed by atoms with Crippen LogP contribution in [0.2, 0.25) is 0 Å². The van der Waals surface area contributed by atoms with Crippen molar-refractivity contribution in [1.82, 2.24) is 0 Å². The second kappa shape index (κ2) is 5.22. The average Bonchev–Trinajstić information content (AvgIpc) is 2.16. The first-order valence-corrected chi connectivity index (χ1v) is 3.39. The van der Waals surface area contributed by atoms with E-state index >= 15 is 0 Å². The van der Waals surface area contributed by atoms with Gasteiger partial charge in [-0.2, -0.15) is 0 Å². The highest BCUT2D eigenvalue weighted by Crippen LogP contribution is 2.30. The van der Waals surface area contributed by atoms with E-state index in [9.17, 15) is 0 Å². The molecule has 0 heterocycles. The minimum absolute atomic E-state index is 0. The summed E-state index contributed by atoms with van der Waals surface area (Å²) < 4.78 is 9.86. The number of hydrogen-bond acceptors (Lipinski definition) is 3. The lowest BCUT2D eigenvalue weighted by Crippen LogP contribution is -3.00. The predicted octanol–water partition coefficient (Wildman–Crippen LogP) is -0.808. The van der Waals surface area contributed by atoms with Crippen LogP contribution in [0.15, 0.2) is 18.2 Å². The highest BCUT2D eigenvalue weighted by Gasteiger charge is 2.14. The Balaban J connectivity index is 0.00000144. The van der Waals surface area contributed by atoms with E-state index in [1.54, 1.807) is 25.3 Å². The highest BCUT2D eigenvalue weighted by molar-refractivity contribution is 5.59. The Hall–Kier alpha value is -1.47. The topological polar surface area (TPSA) is 46.6 Å². The first-order valence-electron chi connectivity index (χ1n) is 3.39. The average molecular weight is 201 g/mol. The lowest BCUT2D eigenvalue weighted by molar-refractivity contribution is -0.00000331. The van der Waals surface area contributed by atoms with Crippen molar-refractivity contribution in [1.29, 1.82) is 5.39 Å². The van der Waals surface area contributed by atoms with Crippen LogP contribution in [0.4, 0.5) is 5.69 Å². The van der Waals surface area contributed by atoms with E-state index in [0.717, 1.165) is 0 Å². The fourth-order valence-corrected chi connectivity index (χ4v) is 0.875. The second-order valence-corrected chi connectivity index (χ2v) is 2.14. The Bertz CT molecular complexity index is 322. The Morgan fingerprint density at radius 1 is 1.23 bits per heavy atom. The Labute approximate surface area is 82.5 Å². The van der Waals surface area contributed by atoms with E-state index in [4.69, 9.17) is 14.9 Å². The number of halogens is 1. The maximum Gasteiger partial charge on any atom is 0.429 e. The highest BCUT2D eigenvalue weighted by atomic mass is 35.5. The molecule has 5 heteroatoms. The zero-order valence-corrected chi connectivity index (χ0v) is 8.08. The van der Waals surface area contributed by atoms with Gasteiger partial charge in [-0.15, -0.1) is 0 Å². The van der Waals surface area contributed by atoms with Crippen LogP contribution in [0.25, 0.3) is 4.98 Å². The molecule has 0 amide bonds. The molecular weight excluding hydrogens is 192 g/mol. The molecule has 1 aromatic rings. The Kier molecular flexibility index (Phi) is 4.63. The number of benzene rings is 1. The summed E-state index contributed by atoms with van der Waals surface area (Å²) in [6, 6.07) is 4.99. The third-order valence-electron chi connectivity index (χ3n) is 1.49. The molecule has 0 aliphatic heterocycles. The van der Waals surface area contributed by atoms with E-state index in [1.165, 1.54) is 7.11 Å². The molecule has 0 saturated carbocycles. The van der Waals surface area contributed by atoms with Gasteiger partial charge >= 0.3 is 5.69 Å². The molecule has 0 aliphatic carbocycles. The largest absolute Gasteiger partial charge is 1.00 e. The van der Waals surface area contributed by atoms with Crippen LogP contribution in [0.1, 0.15) is 0 Å². The summed E-state index contributed by atoms with van der Waals surface area (Å²) in [4.78, 5) is 3.04. The van der Waals surface area contributed by atoms with Crippen molar-refractivity contribution in [2.75, 3.05) is 14.2 Å². The molecule has 0 N–H and O–H groups in total. The van der Waals surface area contributed by atoms with E-state index in [-0.39, 0.29) is 12.4 Å². The molecule has 0 saturated heterocycles. The minimum Gasteiger partial charge on any atom is -1.00 e. The molecule has 0 radical (unpaired) electrons. The lowest BCUT2D eigenvalue weighted by Gasteiger charge is -1.98. The summed E-state index contributed by atoms with van der Waals surface area (Å²) in [5.41, 5.74) is 0.358. The van der Waals surface area contributed by atoms with Gasteiger partial charge in [0.05, 0.1) is 20.3 Å². The molecule has 1 aromatic carbocycles. The number of diazo groups is 1. The maximum atomic E-state index is 8.56. The molecule has 0 unspecified atom stereocenters. The van der Waals surface area contributed by atoms with Gasteiger partial charge in [0.2, 0.25) is 11.1 Å². The molecule has 0 atom stereocenters. The molecule has 0 aliphatic rings. The summed E-state index contributed by atoms with van der Waals surface area (Å²) in [6.07, 6.45) is 0. The van der Waals surface area contributed by atoms with Gasteiger partial charge in [0.15, 0.2) is 4.98 Å². The molecule has 4 nitrogen and oxygen atoms in total. The number of rotatable bonds is 2. The van der Waals surface area contributed by atoms with Crippen LogP contribution >= 0.6 is 0 Å². The molecule has 0 spiro atoms. The van der Waals surface area contributed by atoms with Crippen molar-refractivity contribution in [2.24, 2.45) is 0 Å². The predicted molar refractivity (Wildman–Crippen MR) is 44.3 cm³/mol. The third-order valence-corrected chi connectivity index (χ3v) is 1.49. The van der Waals surface area contributed by atoms with Crippen molar-refractivity contribution >= 4 is 5.69 Å². The van der Waals surface area contributed by atoms with Crippen LogP contribution in [0.5, 0.6) is 11.5 Å². The van der Waals surface area contributed by atoms with Gasteiger partial charge < -0.3 is 21.9 Å².